The van der Waals surface area contributed by atoms with Gasteiger partial charge in [-0.2, -0.15) is 0 Å². The number of benzene rings is 1. The highest BCUT2D eigenvalue weighted by Gasteiger charge is 2.30. The monoisotopic (exact) mass is 340 g/mol. The smallest absolute Gasteiger partial charge is 0.123 e. The Morgan fingerprint density at radius 3 is 2.55 bits per heavy atom. The van der Waals surface area contributed by atoms with Crippen molar-refractivity contribution in [3.05, 3.63) is 28.2 Å². The van der Waals surface area contributed by atoms with E-state index in [0.717, 1.165) is 23.3 Å². The minimum Gasteiger partial charge on any atom is -0.496 e. The first-order valence-corrected chi connectivity index (χ1v) is 8.04. The SMILES string of the molecule is COc1ccc(Br)cc1C(CN)N1CCC(C)(C)CC1. The van der Waals surface area contributed by atoms with E-state index in [1.165, 1.54) is 18.4 Å². The van der Waals surface area contributed by atoms with Crippen LogP contribution in [0.5, 0.6) is 5.75 Å². The van der Waals surface area contributed by atoms with Crippen LogP contribution in [0.2, 0.25) is 0 Å². The Hall–Kier alpha value is -0.580. The van der Waals surface area contributed by atoms with Crippen LogP contribution in [-0.4, -0.2) is 31.6 Å². The maximum absolute atomic E-state index is 6.06. The Balaban J connectivity index is 2.22. The summed E-state index contributed by atoms with van der Waals surface area (Å²) in [6, 6.07) is 6.39. The second-order valence-electron chi connectivity index (χ2n) is 6.34. The third-order valence-electron chi connectivity index (χ3n) is 4.37. The summed E-state index contributed by atoms with van der Waals surface area (Å²) in [7, 11) is 1.72. The highest BCUT2D eigenvalue weighted by Crippen LogP contribution is 2.36. The fraction of sp³-hybridized carbons (Fsp3) is 0.625. The molecule has 1 aliphatic heterocycles. The number of halogens is 1. The zero-order chi connectivity index (χ0) is 14.8. The molecule has 1 heterocycles. The zero-order valence-corrected chi connectivity index (χ0v) is 14.2. The molecule has 1 aromatic carbocycles. The molecular formula is C16H25BrN2O. The van der Waals surface area contributed by atoms with Crippen molar-refractivity contribution < 1.29 is 4.74 Å². The Morgan fingerprint density at radius 1 is 1.35 bits per heavy atom. The van der Waals surface area contributed by atoms with Crippen LogP contribution in [-0.2, 0) is 0 Å². The van der Waals surface area contributed by atoms with E-state index in [2.05, 4.69) is 40.7 Å². The summed E-state index contributed by atoms with van der Waals surface area (Å²) in [5.74, 6) is 0.925. The van der Waals surface area contributed by atoms with Gasteiger partial charge < -0.3 is 10.5 Å². The summed E-state index contributed by atoms with van der Waals surface area (Å²) in [6.07, 6.45) is 2.44. The number of piperidine rings is 1. The fourth-order valence-electron chi connectivity index (χ4n) is 2.88. The van der Waals surface area contributed by atoms with Gasteiger partial charge in [-0.15, -0.1) is 0 Å². The molecule has 0 bridgehead atoms. The molecule has 0 saturated carbocycles. The average molecular weight is 341 g/mol. The second kappa shape index (κ2) is 6.46. The van der Waals surface area contributed by atoms with E-state index < -0.39 is 0 Å². The quantitative estimate of drug-likeness (QED) is 0.910. The molecule has 0 spiro atoms. The maximum atomic E-state index is 6.06. The van der Waals surface area contributed by atoms with Gasteiger partial charge in [0.25, 0.3) is 0 Å². The molecule has 0 aromatic heterocycles. The Bertz CT molecular complexity index is 452. The van der Waals surface area contributed by atoms with Gasteiger partial charge in [-0.3, -0.25) is 4.90 Å². The minimum atomic E-state index is 0.235. The summed E-state index contributed by atoms with van der Waals surface area (Å²) in [5.41, 5.74) is 7.70. The summed E-state index contributed by atoms with van der Waals surface area (Å²) in [5, 5.41) is 0. The lowest BCUT2D eigenvalue weighted by Crippen LogP contribution is -2.42. The Kier molecular flexibility index (Phi) is 5.10. The topological polar surface area (TPSA) is 38.5 Å². The molecule has 0 radical (unpaired) electrons. The predicted octanol–water partition coefficient (Wildman–Crippen LogP) is 3.58. The number of ether oxygens (including phenoxy) is 1. The van der Waals surface area contributed by atoms with Crippen LogP contribution >= 0.6 is 15.9 Å². The predicted molar refractivity (Wildman–Crippen MR) is 87.1 cm³/mol. The zero-order valence-electron chi connectivity index (χ0n) is 12.7. The molecule has 1 unspecified atom stereocenters. The molecule has 0 amide bonds. The van der Waals surface area contributed by atoms with Gasteiger partial charge in [-0.05, 0) is 49.5 Å². The normalized spacial score (nSPS) is 20.6. The van der Waals surface area contributed by atoms with Crippen LogP contribution in [0.15, 0.2) is 22.7 Å². The van der Waals surface area contributed by atoms with Crippen LogP contribution in [0, 0.1) is 5.41 Å². The molecule has 1 aliphatic rings. The van der Waals surface area contributed by atoms with Crippen molar-refractivity contribution in [2.24, 2.45) is 11.1 Å². The van der Waals surface area contributed by atoms with Crippen molar-refractivity contribution in [3.63, 3.8) is 0 Å². The molecular weight excluding hydrogens is 316 g/mol. The number of nitrogens with zero attached hydrogens (tertiary/aromatic N) is 1. The van der Waals surface area contributed by atoms with Gasteiger partial charge in [-0.25, -0.2) is 0 Å². The van der Waals surface area contributed by atoms with Crippen LogP contribution in [0.4, 0.5) is 0 Å². The minimum absolute atomic E-state index is 0.235. The van der Waals surface area contributed by atoms with Crippen molar-refractivity contribution in [1.82, 2.24) is 4.90 Å². The number of likely N-dealkylation sites (tertiary alicyclic amines) is 1. The summed E-state index contributed by atoms with van der Waals surface area (Å²) >= 11 is 3.55. The molecule has 3 nitrogen and oxygen atoms in total. The Morgan fingerprint density at radius 2 is 2.00 bits per heavy atom. The molecule has 112 valence electrons. The summed E-state index contributed by atoms with van der Waals surface area (Å²) in [6.45, 7) is 7.52. The summed E-state index contributed by atoms with van der Waals surface area (Å²) in [4.78, 5) is 2.50. The van der Waals surface area contributed by atoms with Crippen LogP contribution < -0.4 is 10.5 Å². The number of rotatable bonds is 4. The van der Waals surface area contributed by atoms with Gasteiger partial charge in [0.1, 0.15) is 5.75 Å². The first-order chi connectivity index (χ1) is 9.46. The van der Waals surface area contributed by atoms with Crippen molar-refractivity contribution >= 4 is 15.9 Å². The van der Waals surface area contributed by atoms with Gasteiger partial charge in [0.2, 0.25) is 0 Å². The molecule has 1 saturated heterocycles. The molecule has 20 heavy (non-hydrogen) atoms. The van der Waals surface area contributed by atoms with Crippen molar-refractivity contribution in [2.45, 2.75) is 32.7 Å². The highest BCUT2D eigenvalue weighted by molar-refractivity contribution is 9.10. The van der Waals surface area contributed by atoms with E-state index in [1.54, 1.807) is 7.11 Å². The molecule has 1 aromatic rings. The maximum Gasteiger partial charge on any atom is 0.123 e. The van der Waals surface area contributed by atoms with E-state index in [1.807, 2.05) is 12.1 Å². The van der Waals surface area contributed by atoms with Crippen molar-refractivity contribution in [2.75, 3.05) is 26.7 Å². The Labute approximate surface area is 130 Å². The van der Waals surface area contributed by atoms with Gasteiger partial charge in [0.05, 0.1) is 13.2 Å². The third kappa shape index (κ3) is 3.54. The number of nitrogens with two attached hydrogens (primary N) is 1. The standard InChI is InChI=1S/C16H25BrN2O/c1-16(2)6-8-19(9-7-16)14(11-18)13-10-12(17)4-5-15(13)20-3/h4-5,10,14H,6-9,11,18H2,1-3H3. The number of hydrogen-bond donors (Lipinski definition) is 1. The van der Waals surface area contributed by atoms with Gasteiger partial charge in [-0.1, -0.05) is 29.8 Å². The second-order valence-corrected chi connectivity index (χ2v) is 7.25. The van der Waals surface area contributed by atoms with Crippen LogP contribution in [0.25, 0.3) is 0 Å². The lowest BCUT2D eigenvalue weighted by molar-refractivity contribution is 0.0953. The molecule has 2 N–H and O–H groups in total. The molecule has 1 fully saturated rings. The van der Waals surface area contributed by atoms with E-state index in [0.29, 0.717) is 12.0 Å². The molecule has 0 aliphatic carbocycles. The molecule has 2 rings (SSSR count). The van der Waals surface area contributed by atoms with E-state index in [-0.39, 0.29) is 6.04 Å². The first-order valence-electron chi connectivity index (χ1n) is 7.24. The first kappa shape index (κ1) is 15.8. The lowest BCUT2D eigenvalue weighted by atomic mass is 9.82. The number of methoxy groups -OCH3 is 1. The van der Waals surface area contributed by atoms with Crippen LogP contribution in [0.3, 0.4) is 0 Å². The van der Waals surface area contributed by atoms with Crippen LogP contribution in [0.1, 0.15) is 38.3 Å². The highest BCUT2D eigenvalue weighted by atomic mass is 79.9. The van der Waals surface area contributed by atoms with E-state index in [4.69, 9.17) is 10.5 Å². The fourth-order valence-corrected chi connectivity index (χ4v) is 3.26. The third-order valence-corrected chi connectivity index (χ3v) is 4.86. The van der Waals surface area contributed by atoms with Crippen molar-refractivity contribution in [3.8, 4) is 5.75 Å². The van der Waals surface area contributed by atoms with Gasteiger partial charge in [0, 0.05) is 16.6 Å². The van der Waals surface area contributed by atoms with Gasteiger partial charge >= 0.3 is 0 Å². The van der Waals surface area contributed by atoms with Gasteiger partial charge in [0.15, 0.2) is 0 Å². The van der Waals surface area contributed by atoms with E-state index in [9.17, 15) is 0 Å². The summed E-state index contributed by atoms with van der Waals surface area (Å²) < 4.78 is 6.59. The molecule has 1 atom stereocenters. The number of hydrogen-bond acceptors (Lipinski definition) is 3. The van der Waals surface area contributed by atoms with Crippen molar-refractivity contribution in [1.29, 1.82) is 0 Å². The van der Waals surface area contributed by atoms with E-state index >= 15 is 0 Å². The average Bonchev–Trinajstić information content (AvgIpc) is 2.41. The largest absolute Gasteiger partial charge is 0.496 e. The lowest BCUT2D eigenvalue weighted by Gasteiger charge is -2.41. The molecule has 4 heteroatoms.